The predicted molar refractivity (Wildman–Crippen MR) is 150 cm³/mol. The van der Waals surface area contributed by atoms with Gasteiger partial charge < -0.3 is 24.6 Å². The van der Waals surface area contributed by atoms with Gasteiger partial charge in [0.05, 0.1) is 17.7 Å². The van der Waals surface area contributed by atoms with Crippen LogP contribution in [0.1, 0.15) is 37.2 Å². The number of nitrogens with one attached hydrogen (secondary N) is 1. The third-order valence-corrected chi connectivity index (χ3v) is 7.30. The van der Waals surface area contributed by atoms with Crippen LogP contribution in [-0.2, 0) is 16.6 Å². The molecule has 39 heavy (non-hydrogen) atoms. The fourth-order valence-electron chi connectivity index (χ4n) is 5.00. The van der Waals surface area contributed by atoms with Gasteiger partial charge >= 0.3 is 5.97 Å². The summed E-state index contributed by atoms with van der Waals surface area (Å²) >= 11 is 0. The molecule has 5 rings (SSSR count). The van der Waals surface area contributed by atoms with Crippen molar-refractivity contribution in [3.8, 4) is 17.0 Å². The summed E-state index contributed by atoms with van der Waals surface area (Å²) in [5.41, 5.74) is 4.01. The van der Waals surface area contributed by atoms with Gasteiger partial charge in [0.1, 0.15) is 17.4 Å². The Bertz CT molecular complexity index is 1510. The van der Waals surface area contributed by atoms with E-state index < -0.39 is 5.97 Å². The smallest absolute Gasteiger partial charge is 0.306 e. The molecule has 2 aromatic carbocycles. The number of carbonyl (C=O) groups is 2. The van der Waals surface area contributed by atoms with E-state index in [1.165, 1.54) is 5.39 Å². The quantitative estimate of drug-likeness (QED) is 0.338. The first-order chi connectivity index (χ1) is 18.8. The number of aromatic nitrogens is 3. The largest absolute Gasteiger partial charge is 0.484 e. The van der Waals surface area contributed by atoms with Gasteiger partial charge in [0.2, 0.25) is 0 Å². The van der Waals surface area contributed by atoms with E-state index in [1.54, 1.807) is 4.90 Å². The Labute approximate surface area is 227 Å². The molecular formula is C30H33N5O4. The second-order valence-corrected chi connectivity index (χ2v) is 10.1. The molecule has 0 spiro atoms. The number of anilines is 1. The van der Waals surface area contributed by atoms with Crippen LogP contribution in [0, 0.1) is 12.8 Å². The Morgan fingerprint density at radius 2 is 1.90 bits per heavy atom. The topological polar surface area (TPSA) is 110 Å². The first-order valence-electron chi connectivity index (χ1n) is 13.2. The van der Waals surface area contributed by atoms with Gasteiger partial charge in [-0.25, -0.2) is 9.97 Å². The first kappa shape index (κ1) is 26.2. The monoisotopic (exact) mass is 527 g/mol. The summed E-state index contributed by atoms with van der Waals surface area (Å²) in [4.78, 5) is 34.7. The van der Waals surface area contributed by atoms with Gasteiger partial charge in [-0.05, 0) is 61.9 Å². The zero-order valence-electron chi connectivity index (χ0n) is 22.4. The maximum atomic E-state index is 12.6. The summed E-state index contributed by atoms with van der Waals surface area (Å²) in [6.07, 6.45) is 3.00. The maximum absolute atomic E-state index is 12.6. The number of hydrogen-bond acceptors (Lipinski definition) is 6. The van der Waals surface area contributed by atoms with E-state index in [9.17, 15) is 9.59 Å². The van der Waals surface area contributed by atoms with E-state index in [2.05, 4.69) is 44.1 Å². The molecule has 1 fully saturated rings. The van der Waals surface area contributed by atoms with Gasteiger partial charge in [-0.1, -0.05) is 24.3 Å². The van der Waals surface area contributed by atoms with E-state index >= 15 is 0 Å². The zero-order valence-corrected chi connectivity index (χ0v) is 22.4. The average Bonchev–Trinajstić information content (AvgIpc) is 3.31. The Kier molecular flexibility index (Phi) is 7.49. The standard InChI is InChI=1S/C30H33N5O4/c1-19(23-5-4-6-25(15-23)39-18-29(36)35-13-10-22(11-14-35)30(37)38)31-28-17-26(32-20(2)33-28)24-8-7-21-9-12-34(3)27(21)16-24/h4-9,12,15-17,19,22H,10-11,13-14,18H2,1-3H3,(H,37,38)(H,31,32,33). The van der Waals surface area contributed by atoms with E-state index in [-0.39, 0.29) is 24.5 Å². The van der Waals surface area contributed by atoms with Crippen LogP contribution in [0.25, 0.3) is 22.2 Å². The fraction of sp³-hybridized carbons (Fsp3) is 0.333. The number of fused-ring (bicyclic) bond motifs is 1. The van der Waals surface area contributed by atoms with Crippen LogP contribution in [0.2, 0.25) is 0 Å². The van der Waals surface area contributed by atoms with Crippen LogP contribution in [0.4, 0.5) is 5.82 Å². The third kappa shape index (κ3) is 6.03. The summed E-state index contributed by atoms with van der Waals surface area (Å²) < 4.78 is 7.90. The number of carboxylic acid groups (broad SMARTS) is 1. The summed E-state index contributed by atoms with van der Waals surface area (Å²) in [7, 11) is 2.03. The number of carbonyl (C=O) groups excluding carboxylic acids is 1. The molecule has 3 heterocycles. The Morgan fingerprint density at radius 1 is 1.10 bits per heavy atom. The predicted octanol–water partition coefficient (Wildman–Crippen LogP) is 4.82. The van der Waals surface area contributed by atoms with Gasteiger partial charge in [0, 0.05) is 43.5 Å². The SMILES string of the molecule is Cc1nc(NC(C)c2cccc(OCC(=O)N3CCC(C(=O)O)CC3)c2)cc(-c2ccc3ccn(C)c3c2)n1. The molecule has 9 heteroatoms. The van der Waals surface area contributed by atoms with Crippen LogP contribution < -0.4 is 10.1 Å². The Morgan fingerprint density at radius 3 is 2.67 bits per heavy atom. The number of amides is 1. The van der Waals surface area contributed by atoms with Crippen molar-refractivity contribution >= 4 is 28.6 Å². The fourth-order valence-corrected chi connectivity index (χ4v) is 5.00. The lowest BCUT2D eigenvalue weighted by Crippen LogP contribution is -2.42. The van der Waals surface area contributed by atoms with Crippen LogP contribution >= 0.6 is 0 Å². The van der Waals surface area contributed by atoms with Crippen molar-refractivity contribution < 1.29 is 19.4 Å². The highest BCUT2D eigenvalue weighted by atomic mass is 16.5. The molecule has 2 N–H and O–H groups in total. The minimum absolute atomic E-state index is 0.0724. The van der Waals surface area contributed by atoms with E-state index in [1.807, 2.05) is 57.4 Å². The molecule has 1 aliphatic rings. The van der Waals surface area contributed by atoms with Crippen molar-refractivity contribution in [1.29, 1.82) is 0 Å². The number of likely N-dealkylation sites (tertiary alicyclic amines) is 1. The lowest BCUT2D eigenvalue weighted by molar-refractivity contribution is -0.146. The van der Waals surface area contributed by atoms with Gasteiger partial charge in [-0.15, -0.1) is 0 Å². The van der Waals surface area contributed by atoms with E-state index in [0.717, 1.165) is 28.2 Å². The molecule has 0 saturated carbocycles. The number of nitrogens with zero attached hydrogens (tertiary/aromatic N) is 4. The molecule has 1 aliphatic heterocycles. The van der Waals surface area contributed by atoms with Crippen molar-refractivity contribution in [2.75, 3.05) is 25.0 Å². The van der Waals surface area contributed by atoms with Gasteiger partial charge in [0.25, 0.3) is 5.91 Å². The molecule has 0 bridgehead atoms. The normalized spacial score (nSPS) is 14.8. The van der Waals surface area contributed by atoms with Gasteiger partial charge in [0.15, 0.2) is 6.61 Å². The summed E-state index contributed by atoms with van der Waals surface area (Å²) in [5, 5.41) is 13.8. The van der Waals surface area contributed by atoms with Crippen molar-refractivity contribution in [3.63, 3.8) is 0 Å². The van der Waals surface area contributed by atoms with Crippen molar-refractivity contribution in [2.45, 2.75) is 32.7 Å². The zero-order chi connectivity index (χ0) is 27.5. The first-order valence-corrected chi connectivity index (χ1v) is 13.2. The molecule has 1 saturated heterocycles. The molecule has 0 radical (unpaired) electrons. The van der Waals surface area contributed by atoms with E-state index in [4.69, 9.17) is 9.84 Å². The van der Waals surface area contributed by atoms with Crippen molar-refractivity contribution in [3.05, 3.63) is 72.2 Å². The second-order valence-electron chi connectivity index (χ2n) is 10.1. The number of aryl methyl sites for hydroxylation is 2. The van der Waals surface area contributed by atoms with Crippen molar-refractivity contribution in [2.24, 2.45) is 13.0 Å². The van der Waals surface area contributed by atoms with Crippen LogP contribution in [-0.4, -0.2) is 56.1 Å². The lowest BCUT2D eigenvalue weighted by Gasteiger charge is -2.30. The summed E-state index contributed by atoms with van der Waals surface area (Å²) in [6, 6.07) is 17.9. The maximum Gasteiger partial charge on any atom is 0.306 e. The number of piperidine rings is 1. The number of rotatable bonds is 8. The van der Waals surface area contributed by atoms with E-state index in [0.29, 0.717) is 37.5 Å². The highest BCUT2D eigenvalue weighted by Crippen LogP contribution is 2.27. The Hall–Kier alpha value is -4.40. The summed E-state index contributed by atoms with van der Waals surface area (Å²) in [5.74, 6) is 0.710. The van der Waals surface area contributed by atoms with Gasteiger partial charge in [-0.3, -0.25) is 9.59 Å². The number of benzene rings is 2. The molecule has 0 aliphatic carbocycles. The number of ether oxygens (including phenoxy) is 1. The lowest BCUT2D eigenvalue weighted by atomic mass is 9.97. The minimum Gasteiger partial charge on any atom is -0.484 e. The number of carboxylic acids is 1. The van der Waals surface area contributed by atoms with Crippen LogP contribution in [0.15, 0.2) is 60.8 Å². The van der Waals surface area contributed by atoms with Crippen molar-refractivity contribution in [1.82, 2.24) is 19.4 Å². The third-order valence-electron chi connectivity index (χ3n) is 7.30. The second kappa shape index (κ2) is 11.1. The molecule has 1 unspecified atom stereocenters. The molecular weight excluding hydrogens is 494 g/mol. The molecule has 9 nitrogen and oxygen atoms in total. The van der Waals surface area contributed by atoms with Crippen LogP contribution in [0.3, 0.4) is 0 Å². The summed E-state index contributed by atoms with van der Waals surface area (Å²) in [6.45, 7) is 4.74. The van der Waals surface area contributed by atoms with Gasteiger partial charge in [-0.2, -0.15) is 0 Å². The molecule has 202 valence electrons. The average molecular weight is 528 g/mol. The molecule has 2 aromatic heterocycles. The highest BCUT2D eigenvalue weighted by Gasteiger charge is 2.27. The molecule has 4 aromatic rings. The molecule has 1 amide bonds. The number of hydrogen-bond donors (Lipinski definition) is 2. The minimum atomic E-state index is -0.792. The molecule has 1 atom stereocenters. The highest BCUT2D eigenvalue weighted by molar-refractivity contribution is 5.85. The van der Waals surface area contributed by atoms with Crippen LogP contribution in [0.5, 0.6) is 5.75 Å². The Balaban J connectivity index is 1.23. The number of aliphatic carboxylic acids is 1.